The lowest BCUT2D eigenvalue weighted by Crippen LogP contribution is -2.02. The number of nitrogens with zero attached hydrogens (tertiary/aromatic N) is 1. The summed E-state index contributed by atoms with van der Waals surface area (Å²) >= 11 is 3.38. The molecule has 0 aliphatic rings. The van der Waals surface area contributed by atoms with E-state index in [2.05, 4.69) is 20.9 Å². The van der Waals surface area contributed by atoms with E-state index in [9.17, 15) is 0 Å². The normalized spacial score (nSPS) is 9.23. The lowest BCUT2D eigenvalue weighted by Gasteiger charge is -2.06. The van der Waals surface area contributed by atoms with Gasteiger partial charge in [0.15, 0.2) is 0 Å². The van der Waals surface area contributed by atoms with Crippen LogP contribution in [-0.2, 0) is 6.54 Å². The van der Waals surface area contributed by atoms with Gasteiger partial charge in [0.1, 0.15) is 0 Å². The molecule has 0 spiro atoms. The number of ether oxygens (including phenoxy) is 1. The second kappa shape index (κ2) is 5.42. The third-order valence-electron chi connectivity index (χ3n) is 1.56. The number of aromatic nitrogens is 1. The van der Waals surface area contributed by atoms with Gasteiger partial charge in [-0.15, -0.1) is 12.4 Å². The Hall–Kier alpha value is -0.320. The molecule has 1 rings (SSSR count). The maximum Gasteiger partial charge on any atom is 0.228 e. The van der Waals surface area contributed by atoms with Crippen molar-refractivity contribution in [1.29, 1.82) is 0 Å². The Balaban J connectivity index is 0.00000144. The molecule has 0 saturated carbocycles. The molecule has 13 heavy (non-hydrogen) atoms. The van der Waals surface area contributed by atoms with Gasteiger partial charge in [0.25, 0.3) is 0 Å². The number of hydrogen-bond acceptors (Lipinski definition) is 3. The number of rotatable bonds is 2. The summed E-state index contributed by atoms with van der Waals surface area (Å²) in [5, 5.41) is 0. The van der Waals surface area contributed by atoms with Crippen LogP contribution in [0.5, 0.6) is 5.88 Å². The molecule has 0 saturated heterocycles. The first kappa shape index (κ1) is 12.7. The zero-order valence-electron chi connectivity index (χ0n) is 7.50. The Kier molecular flexibility index (Phi) is 5.29. The van der Waals surface area contributed by atoms with Gasteiger partial charge in [0, 0.05) is 6.54 Å². The molecular weight excluding hydrogens is 255 g/mol. The molecule has 0 aliphatic heterocycles. The highest BCUT2D eigenvalue weighted by Crippen LogP contribution is 2.26. The van der Waals surface area contributed by atoms with Crippen LogP contribution in [0.15, 0.2) is 10.5 Å². The minimum Gasteiger partial charge on any atom is -0.480 e. The van der Waals surface area contributed by atoms with Crippen LogP contribution in [0.1, 0.15) is 11.3 Å². The maximum absolute atomic E-state index is 5.46. The van der Waals surface area contributed by atoms with Crippen LogP contribution in [0.2, 0.25) is 0 Å². The van der Waals surface area contributed by atoms with Crippen LogP contribution in [-0.4, -0.2) is 12.1 Å². The summed E-state index contributed by atoms with van der Waals surface area (Å²) in [4.78, 5) is 4.18. The molecule has 1 aromatic heterocycles. The lowest BCUT2D eigenvalue weighted by atomic mass is 10.2. The van der Waals surface area contributed by atoms with Crippen molar-refractivity contribution in [2.75, 3.05) is 7.11 Å². The van der Waals surface area contributed by atoms with E-state index >= 15 is 0 Å². The van der Waals surface area contributed by atoms with Gasteiger partial charge < -0.3 is 10.5 Å². The highest BCUT2D eigenvalue weighted by molar-refractivity contribution is 9.10. The van der Waals surface area contributed by atoms with E-state index < -0.39 is 0 Å². The van der Waals surface area contributed by atoms with Gasteiger partial charge in [-0.2, -0.15) is 0 Å². The molecule has 0 fully saturated rings. The average Bonchev–Trinajstić information content (AvgIpc) is 2.09. The van der Waals surface area contributed by atoms with E-state index in [-0.39, 0.29) is 12.4 Å². The Bertz CT molecular complexity index is 294. The fraction of sp³-hybridized carbons (Fsp3) is 0.375. The second-order valence-corrected chi connectivity index (χ2v) is 3.25. The summed E-state index contributed by atoms with van der Waals surface area (Å²) in [6.07, 6.45) is 0. The highest BCUT2D eigenvalue weighted by Gasteiger charge is 2.06. The highest BCUT2D eigenvalue weighted by atomic mass is 79.9. The van der Waals surface area contributed by atoms with E-state index in [4.69, 9.17) is 10.5 Å². The molecule has 74 valence electrons. The molecule has 1 aromatic rings. The number of hydrogen-bond donors (Lipinski definition) is 1. The van der Waals surface area contributed by atoms with Crippen molar-refractivity contribution >= 4 is 28.3 Å². The summed E-state index contributed by atoms with van der Waals surface area (Å²) in [5.41, 5.74) is 7.38. The standard InChI is InChI=1S/C8H11BrN2O.ClH/c1-5-3-6(4-10)11-8(12-2)7(5)9;/h3H,4,10H2,1-2H3;1H. The SMILES string of the molecule is COc1nc(CN)cc(C)c1Br.Cl. The molecular formula is C8H12BrClN2O. The van der Waals surface area contributed by atoms with Crippen LogP contribution in [0.25, 0.3) is 0 Å². The zero-order chi connectivity index (χ0) is 9.14. The summed E-state index contributed by atoms with van der Waals surface area (Å²) < 4.78 is 5.95. The minimum absolute atomic E-state index is 0. The largest absolute Gasteiger partial charge is 0.480 e. The van der Waals surface area contributed by atoms with Crippen LogP contribution in [0.3, 0.4) is 0 Å². The molecule has 0 amide bonds. The fourth-order valence-electron chi connectivity index (χ4n) is 0.934. The predicted octanol–water partition coefficient (Wildman–Crippen LogP) is 2.04. The molecule has 1 heterocycles. The first-order valence-electron chi connectivity index (χ1n) is 3.59. The number of nitrogens with two attached hydrogens (primary N) is 1. The second-order valence-electron chi connectivity index (χ2n) is 2.46. The minimum atomic E-state index is 0. The van der Waals surface area contributed by atoms with E-state index in [1.54, 1.807) is 7.11 Å². The van der Waals surface area contributed by atoms with E-state index in [0.717, 1.165) is 15.7 Å². The maximum atomic E-state index is 5.46. The summed E-state index contributed by atoms with van der Waals surface area (Å²) in [6, 6.07) is 1.94. The Morgan fingerprint density at radius 2 is 2.23 bits per heavy atom. The van der Waals surface area contributed by atoms with E-state index in [1.165, 1.54) is 0 Å². The third kappa shape index (κ3) is 2.83. The van der Waals surface area contributed by atoms with Gasteiger partial charge in [-0.1, -0.05) is 0 Å². The summed E-state index contributed by atoms with van der Waals surface area (Å²) in [7, 11) is 1.59. The first-order chi connectivity index (χ1) is 5.69. The van der Waals surface area contributed by atoms with Crippen molar-refractivity contribution in [3.8, 4) is 5.88 Å². The molecule has 0 aromatic carbocycles. The van der Waals surface area contributed by atoms with Crippen molar-refractivity contribution in [2.24, 2.45) is 5.73 Å². The molecule has 0 aliphatic carbocycles. The molecule has 0 unspecified atom stereocenters. The lowest BCUT2D eigenvalue weighted by molar-refractivity contribution is 0.393. The smallest absolute Gasteiger partial charge is 0.228 e. The summed E-state index contributed by atoms with van der Waals surface area (Å²) in [5.74, 6) is 0.593. The van der Waals surface area contributed by atoms with Gasteiger partial charge >= 0.3 is 0 Å². The quantitative estimate of drug-likeness (QED) is 0.892. The van der Waals surface area contributed by atoms with Crippen molar-refractivity contribution in [1.82, 2.24) is 4.98 Å². The Morgan fingerprint density at radius 1 is 1.62 bits per heavy atom. The molecule has 2 N–H and O–H groups in total. The molecule has 0 atom stereocenters. The van der Waals surface area contributed by atoms with E-state index in [0.29, 0.717) is 12.4 Å². The summed E-state index contributed by atoms with van der Waals surface area (Å²) in [6.45, 7) is 2.41. The molecule has 5 heteroatoms. The van der Waals surface area contributed by atoms with E-state index in [1.807, 2.05) is 13.0 Å². The number of halogens is 2. The number of methoxy groups -OCH3 is 1. The van der Waals surface area contributed by atoms with Crippen LogP contribution >= 0.6 is 28.3 Å². The van der Waals surface area contributed by atoms with Crippen molar-refractivity contribution in [3.05, 3.63) is 21.8 Å². The first-order valence-corrected chi connectivity index (χ1v) is 4.38. The number of pyridine rings is 1. The van der Waals surface area contributed by atoms with Gasteiger partial charge in [-0.05, 0) is 34.5 Å². The topological polar surface area (TPSA) is 48.1 Å². The Morgan fingerprint density at radius 3 is 2.69 bits per heavy atom. The molecule has 0 bridgehead atoms. The van der Waals surface area contributed by atoms with Crippen molar-refractivity contribution in [2.45, 2.75) is 13.5 Å². The Labute approximate surface area is 92.2 Å². The van der Waals surface area contributed by atoms with Gasteiger partial charge in [-0.25, -0.2) is 4.98 Å². The predicted molar refractivity (Wildman–Crippen MR) is 58.4 cm³/mol. The van der Waals surface area contributed by atoms with Crippen molar-refractivity contribution in [3.63, 3.8) is 0 Å². The monoisotopic (exact) mass is 266 g/mol. The van der Waals surface area contributed by atoms with Crippen LogP contribution < -0.4 is 10.5 Å². The third-order valence-corrected chi connectivity index (χ3v) is 2.53. The molecule has 3 nitrogen and oxygen atoms in total. The molecule has 0 radical (unpaired) electrons. The van der Waals surface area contributed by atoms with Crippen LogP contribution in [0, 0.1) is 6.92 Å². The average molecular weight is 268 g/mol. The van der Waals surface area contributed by atoms with Gasteiger partial charge in [0.05, 0.1) is 17.3 Å². The van der Waals surface area contributed by atoms with Gasteiger partial charge in [0.2, 0.25) is 5.88 Å². The van der Waals surface area contributed by atoms with Gasteiger partial charge in [-0.3, -0.25) is 0 Å². The van der Waals surface area contributed by atoms with Crippen molar-refractivity contribution < 1.29 is 4.74 Å². The number of aryl methyl sites for hydroxylation is 1. The van der Waals surface area contributed by atoms with Crippen LogP contribution in [0.4, 0.5) is 0 Å². The zero-order valence-corrected chi connectivity index (χ0v) is 9.91. The fourth-order valence-corrected chi connectivity index (χ4v) is 1.30.